The van der Waals surface area contributed by atoms with E-state index in [-0.39, 0.29) is 47.6 Å². The van der Waals surface area contributed by atoms with Gasteiger partial charge in [-0.2, -0.15) is 18.4 Å². The maximum absolute atomic E-state index is 13.8. The van der Waals surface area contributed by atoms with Crippen molar-refractivity contribution in [1.29, 1.82) is 5.26 Å². The first-order valence-electron chi connectivity index (χ1n) is 19.9. The smallest absolute Gasteiger partial charge is 0.417 e. The van der Waals surface area contributed by atoms with Crippen LogP contribution in [0.1, 0.15) is 93.9 Å². The van der Waals surface area contributed by atoms with Crippen LogP contribution in [-0.4, -0.2) is 94.6 Å². The monoisotopic (exact) mass is 818 g/mol. The zero-order valence-corrected chi connectivity index (χ0v) is 33.4. The molecule has 15 heteroatoms. The number of ether oxygens (including phenoxy) is 1. The van der Waals surface area contributed by atoms with E-state index >= 15 is 0 Å². The van der Waals surface area contributed by atoms with Crippen molar-refractivity contribution in [2.24, 2.45) is 16.7 Å². The second kappa shape index (κ2) is 13.7. The second-order valence-electron chi connectivity index (χ2n) is 17.8. The summed E-state index contributed by atoms with van der Waals surface area (Å²) in [6.07, 6.45) is -5.05. The highest BCUT2D eigenvalue weighted by molar-refractivity contribution is 6.23. The molecule has 3 aromatic carbocycles. The molecule has 5 amide bonds. The number of nitrogens with one attached hydrogen (secondary N) is 1. The van der Waals surface area contributed by atoms with E-state index in [4.69, 9.17) is 4.74 Å². The molecule has 12 nitrogen and oxygen atoms in total. The molecule has 5 aliphatic heterocycles. The van der Waals surface area contributed by atoms with Gasteiger partial charge in [0.1, 0.15) is 17.9 Å². The van der Waals surface area contributed by atoms with Crippen molar-refractivity contribution in [2.45, 2.75) is 77.5 Å². The standard InChI is InChI=1S/C45H41F3N6O6/c1-43(2)41(44(3,4)42(43)60-30-10-8-26(18-49)34(17-30)45(46,47)48)53-21-27-15-24(7-11-31(27)38(53)57)5-6-25-19-51(20-25)29-22-52(23-29)28-9-12-32-33(16-28)40(59)54(39(32)58)35-13-14-36(55)50-37(35)56/h7-12,15-17,25,29,35,41-42H,13-14,19-23H2,1-4H3,(H,50,55,56)/t35?,41-,42-. The molecule has 1 N–H and O–H groups in total. The molecule has 1 unspecified atom stereocenters. The number of rotatable bonds is 6. The molecular formula is C45H41F3N6O6. The Morgan fingerprint density at radius 1 is 0.833 bits per heavy atom. The topological polar surface area (TPSA) is 143 Å². The first-order chi connectivity index (χ1) is 28.4. The molecule has 0 spiro atoms. The fourth-order valence-electron chi connectivity index (χ4n) is 10.5. The Hall–Kier alpha value is -6.19. The van der Waals surface area contributed by atoms with E-state index in [2.05, 4.69) is 27.0 Å². The van der Waals surface area contributed by atoms with E-state index in [9.17, 15) is 42.4 Å². The maximum Gasteiger partial charge on any atom is 0.417 e. The number of carbonyl (C=O) groups excluding carboxylic acids is 5. The lowest BCUT2D eigenvalue weighted by molar-refractivity contribution is -0.199. The number of hydrogen-bond donors (Lipinski definition) is 1. The Kier molecular flexibility index (Phi) is 8.95. The highest BCUT2D eigenvalue weighted by atomic mass is 19.4. The summed E-state index contributed by atoms with van der Waals surface area (Å²) >= 11 is 0. The fraction of sp³-hybridized carbons (Fsp3) is 0.422. The Bertz CT molecular complexity index is 2510. The van der Waals surface area contributed by atoms with E-state index < -0.39 is 63.9 Å². The molecule has 60 heavy (non-hydrogen) atoms. The summed E-state index contributed by atoms with van der Waals surface area (Å²) in [4.78, 5) is 71.5. The summed E-state index contributed by atoms with van der Waals surface area (Å²) in [7, 11) is 0. The van der Waals surface area contributed by atoms with Gasteiger partial charge < -0.3 is 14.5 Å². The van der Waals surface area contributed by atoms with E-state index in [1.54, 1.807) is 18.2 Å². The molecule has 3 saturated heterocycles. The van der Waals surface area contributed by atoms with Crippen LogP contribution >= 0.6 is 0 Å². The number of piperidine rings is 1. The normalized spacial score (nSPS) is 24.7. The lowest BCUT2D eigenvalue weighted by Crippen LogP contribution is -2.74. The molecule has 4 fully saturated rings. The predicted molar refractivity (Wildman–Crippen MR) is 209 cm³/mol. The van der Waals surface area contributed by atoms with Crippen LogP contribution in [0.25, 0.3) is 0 Å². The summed E-state index contributed by atoms with van der Waals surface area (Å²) in [5.74, 6) is 4.69. The third-order valence-corrected chi connectivity index (χ3v) is 13.2. The lowest BCUT2D eigenvalue weighted by Gasteiger charge is -2.65. The van der Waals surface area contributed by atoms with Crippen molar-refractivity contribution in [3.8, 4) is 23.7 Å². The van der Waals surface area contributed by atoms with Gasteiger partial charge in [-0.1, -0.05) is 39.5 Å². The zero-order valence-electron chi connectivity index (χ0n) is 33.4. The quantitative estimate of drug-likeness (QED) is 0.269. The van der Waals surface area contributed by atoms with Crippen molar-refractivity contribution in [2.75, 3.05) is 31.1 Å². The minimum atomic E-state index is -4.71. The van der Waals surface area contributed by atoms with Crippen LogP contribution in [0.5, 0.6) is 5.75 Å². The fourth-order valence-corrected chi connectivity index (χ4v) is 10.5. The van der Waals surface area contributed by atoms with Crippen LogP contribution < -0.4 is 15.0 Å². The number of nitrogens with zero attached hydrogens (tertiary/aromatic N) is 5. The molecule has 6 aliphatic rings. The first-order valence-corrected chi connectivity index (χ1v) is 19.9. The summed E-state index contributed by atoms with van der Waals surface area (Å²) in [6.45, 7) is 11.3. The number of carbonyl (C=O) groups is 5. The predicted octanol–water partition coefficient (Wildman–Crippen LogP) is 4.99. The highest BCUT2D eigenvalue weighted by Crippen LogP contribution is 2.59. The summed E-state index contributed by atoms with van der Waals surface area (Å²) in [6, 6.07) is 14.8. The number of amides is 5. The van der Waals surface area contributed by atoms with Crippen molar-refractivity contribution in [1.82, 2.24) is 20.0 Å². The van der Waals surface area contributed by atoms with Crippen LogP contribution in [0.4, 0.5) is 18.9 Å². The van der Waals surface area contributed by atoms with E-state index in [0.717, 1.165) is 60.0 Å². The SMILES string of the molecule is CC1(C)[C@H](Oc2ccc(C#N)c(C(F)(F)F)c2)C(C)(C)[C@H]1N1Cc2cc(C#CC3CN(C4CN(c5ccc6c(c5)C(=O)N(C5CCC(=O)NC5=O)C6=O)C4)C3)ccc2C1=O. The Balaban J connectivity index is 0.788. The van der Waals surface area contributed by atoms with Crippen LogP contribution in [0.3, 0.4) is 0 Å². The Labute approximate surface area is 344 Å². The average molecular weight is 819 g/mol. The van der Waals surface area contributed by atoms with Gasteiger partial charge in [-0.15, -0.1) is 0 Å². The largest absolute Gasteiger partial charge is 0.489 e. The van der Waals surface area contributed by atoms with Gasteiger partial charge in [0.05, 0.1) is 28.3 Å². The van der Waals surface area contributed by atoms with Crippen LogP contribution in [-0.2, 0) is 22.3 Å². The van der Waals surface area contributed by atoms with Gasteiger partial charge in [-0.3, -0.25) is 39.1 Å². The number of hydrogen-bond acceptors (Lipinski definition) is 9. The number of fused-ring (bicyclic) bond motifs is 2. The summed E-state index contributed by atoms with van der Waals surface area (Å²) in [5, 5.41) is 11.4. The van der Waals surface area contributed by atoms with Crippen LogP contribution in [0, 0.1) is 39.9 Å². The van der Waals surface area contributed by atoms with E-state index in [0.29, 0.717) is 18.2 Å². The highest BCUT2D eigenvalue weighted by Gasteiger charge is 2.67. The molecule has 0 bridgehead atoms. The van der Waals surface area contributed by atoms with Crippen molar-refractivity contribution in [3.63, 3.8) is 0 Å². The second-order valence-corrected chi connectivity index (χ2v) is 17.8. The number of nitriles is 1. The molecule has 308 valence electrons. The molecular weight excluding hydrogens is 778 g/mol. The Morgan fingerprint density at radius 3 is 2.22 bits per heavy atom. The van der Waals surface area contributed by atoms with Gasteiger partial charge in [-0.05, 0) is 66.6 Å². The van der Waals surface area contributed by atoms with Gasteiger partial charge in [-0.25, -0.2) is 0 Å². The zero-order chi connectivity index (χ0) is 42.6. The summed E-state index contributed by atoms with van der Waals surface area (Å²) in [5.41, 5.74) is 0.899. The maximum atomic E-state index is 13.8. The third kappa shape index (κ3) is 6.21. The third-order valence-electron chi connectivity index (χ3n) is 13.2. The van der Waals surface area contributed by atoms with Crippen LogP contribution in [0.15, 0.2) is 54.6 Å². The number of likely N-dealkylation sites (tertiary alicyclic amines) is 1. The lowest BCUT2D eigenvalue weighted by atomic mass is 9.49. The number of halogens is 3. The number of anilines is 1. The molecule has 0 aromatic heterocycles. The molecule has 3 aromatic rings. The van der Waals surface area contributed by atoms with Crippen LogP contribution in [0.2, 0.25) is 0 Å². The van der Waals surface area contributed by atoms with Gasteiger partial charge in [0.25, 0.3) is 17.7 Å². The van der Waals surface area contributed by atoms with E-state index in [1.807, 2.05) is 56.9 Å². The first kappa shape index (κ1) is 39.3. The van der Waals surface area contributed by atoms with E-state index in [1.165, 1.54) is 6.07 Å². The number of benzene rings is 3. The molecule has 1 atom stereocenters. The number of imide groups is 2. The average Bonchev–Trinajstić information content (AvgIpc) is 3.59. The minimum absolute atomic E-state index is 0.0191. The molecule has 0 radical (unpaired) electrons. The van der Waals surface area contributed by atoms with Crippen molar-refractivity contribution >= 4 is 35.2 Å². The molecule has 1 saturated carbocycles. The van der Waals surface area contributed by atoms with Gasteiger partial charge in [0, 0.05) is 84.8 Å². The molecule has 9 rings (SSSR count). The van der Waals surface area contributed by atoms with Gasteiger partial charge >= 0.3 is 6.18 Å². The Morgan fingerprint density at radius 2 is 1.53 bits per heavy atom. The molecule has 5 heterocycles. The van der Waals surface area contributed by atoms with Crippen molar-refractivity contribution < 1.29 is 41.9 Å². The number of alkyl halides is 3. The van der Waals surface area contributed by atoms with Gasteiger partial charge in [0.2, 0.25) is 11.8 Å². The summed E-state index contributed by atoms with van der Waals surface area (Å²) < 4.78 is 47.2. The van der Waals surface area contributed by atoms with Gasteiger partial charge in [0.15, 0.2) is 0 Å². The molecule has 1 aliphatic carbocycles. The minimum Gasteiger partial charge on any atom is -0.489 e. The van der Waals surface area contributed by atoms with Crippen molar-refractivity contribution in [3.05, 3.63) is 93.5 Å².